The van der Waals surface area contributed by atoms with Crippen molar-refractivity contribution in [3.8, 4) is 5.75 Å². The maximum absolute atomic E-state index is 11.0. The molecule has 3 heteroatoms. The van der Waals surface area contributed by atoms with Crippen LogP contribution in [0.15, 0.2) is 24.3 Å². The van der Waals surface area contributed by atoms with Gasteiger partial charge in [-0.2, -0.15) is 0 Å². The Morgan fingerprint density at radius 1 is 1.28 bits per heavy atom. The minimum atomic E-state index is -0.778. The van der Waals surface area contributed by atoms with E-state index in [2.05, 4.69) is 20.8 Å². The molecule has 18 heavy (non-hydrogen) atoms. The number of phenols is 1. The molecule has 1 aromatic carbocycles. The molecule has 0 saturated carbocycles. The van der Waals surface area contributed by atoms with Crippen LogP contribution in [0.5, 0.6) is 5.75 Å². The van der Waals surface area contributed by atoms with Crippen LogP contribution >= 0.6 is 0 Å². The first-order valence-corrected chi connectivity index (χ1v) is 6.35. The van der Waals surface area contributed by atoms with Crippen molar-refractivity contribution in [2.45, 2.75) is 46.0 Å². The van der Waals surface area contributed by atoms with Gasteiger partial charge in [0.15, 0.2) is 0 Å². The van der Waals surface area contributed by atoms with Gasteiger partial charge in [0.25, 0.3) is 0 Å². The standard InChI is InChI=1S/C15H22O3/c1-4-15(2,3)10-12(9-14(17)18)11-5-7-13(16)8-6-11/h5-8,12,16H,4,9-10H2,1-3H3,(H,17,18). The molecule has 0 saturated heterocycles. The predicted molar refractivity (Wildman–Crippen MR) is 71.8 cm³/mol. The average molecular weight is 250 g/mol. The van der Waals surface area contributed by atoms with E-state index in [0.29, 0.717) is 0 Å². The van der Waals surface area contributed by atoms with Crippen LogP contribution in [-0.4, -0.2) is 16.2 Å². The van der Waals surface area contributed by atoms with E-state index in [1.165, 1.54) is 0 Å². The highest BCUT2D eigenvalue weighted by molar-refractivity contribution is 5.68. The molecule has 1 rings (SSSR count). The maximum Gasteiger partial charge on any atom is 0.303 e. The highest BCUT2D eigenvalue weighted by Crippen LogP contribution is 2.36. The van der Waals surface area contributed by atoms with Gasteiger partial charge < -0.3 is 10.2 Å². The van der Waals surface area contributed by atoms with Crippen molar-refractivity contribution in [2.24, 2.45) is 5.41 Å². The summed E-state index contributed by atoms with van der Waals surface area (Å²) in [6.45, 7) is 6.43. The summed E-state index contributed by atoms with van der Waals surface area (Å²) in [5, 5.41) is 18.3. The molecule has 1 unspecified atom stereocenters. The smallest absolute Gasteiger partial charge is 0.303 e. The summed E-state index contributed by atoms with van der Waals surface area (Å²) in [6, 6.07) is 6.86. The summed E-state index contributed by atoms with van der Waals surface area (Å²) in [5.41, 5.74) is 1.11. The zero-order valence-corrected chi connectivity index (χ0v) is 11.3. The van der Waals surface area contributed by atoms with Crippen LogP contribution in [0.1, 0.15) is 51.5 Å². The Balaban J connectivity index is 2.91. The number of carboxylic acids is 1. The number of carbonyl (C=O) groups is 1. The van der Waals surface area contributed by atoms with Gasteiger partial charge in [-0.3, -0.25) is 4.79 Å². The molecule has 1 aromatic rings. The Morgan fingerprint density at radius 3 is 2.28 bits per heavy atom. The van der Waals surface area contributed by atoms with Crippen LogP contribution in [-0.2, 0) is 4.79 Å². The average Bonchev–Trinajstić information content (AvgIpc) is 2.28. The lowest BCUT2D eigenvalue weighted by atomic mass is 9.77. The molecular weight excluding hydrogens is 228 g/mol. The Kier molecular flexibility index (Phi) is 4.76. The highest BCUT2D eigenvalue weighted by Gasteiger charge is 2.24. The van der Waals surface area contributed by atoms with E-state index in [0.717, 1.165) is 18.4 Å². The number of rotatable bonds is 6. The maximum atomic E-state index is 11.0. The topological polar surface area (TPSA) is 57.5 Å². The highest BCUT2D eigenvalue weighted by atomic mass is 16.4. The number of hydrogen-bond acceptors (Lipinski definition) is 2. The van der Waals surface area contributed by atoms with Crippen molar-refractivity contribution in [3.05, 3.63) is 29.8 Å². The van der Waals surface area contributed by atoms with Crippen LogP contribution in [0, 0.1) is 5.41 Å². The molecule has 0 aliphatic heterocycles. The van der Waals surface area contributed by atoms with Crippen molar-refractivity contribution < 1.29 is 15.0 Å². The lowest BCUT2D eigenvalue weighted by Crippen LogP contribution is -2.17. The summed E-state index contributed by atoms with van der Waals surface area (Å²) in [7, 11) is 0. The van der Waals surface area contributed by atoms with Crippen molar-refractivity contribution in [2.75, 3.05) is 0 Å². The van der Waals surface area contributed by atoms with Gasteiger partial charge in [0.05, 0.1) is 6.42 Å². The molecular formula is C15H22O3. The molecule has 0 aromatic heterocycles. The number of benzene rings is 1. The van der Waals surface area contributed by atoms with Crippen LogP contribution in [0.25, 0.3) is 0 Å². The third-order valence-corrected chi connectivity index (χ3v) is 3.54. The Labute approximate surface area is 108 Å². The number of phenolic OH excluding ortho intramolecular Hbond substituents is 1. The zero-order valence-electron chi connectivity index (χ0n) is 11.3. The lowest BCUT2D eigenvalue weighted by molar-refractivity contribution is -0.137. The van der Waals surface area contributed by atoms with Gasteiger partial charge in [-0.15, -0.1) is 0 Å². The van der Waals surface area contributed by atoms with Crippen LogP contribution in [0.3, 0.4) is 0 Å². The largest absolute Gasteiger partial charge is 0.508 e. The van der Waals surface area contributed by atoms with E-state index >= 15 is 0 Å². The van der Waals surface area contributed by atoms with E-state index in [1.807, 2.05) is 12.1 Å². The Bertz CT molecular complexity index is 393. The third kappa shape index (κ3) is 4.40. The molecule has 0 aliphatic carbocycles. The summed E-state index contributed by atoms with van der Waals surface area (Å²) in [5.74, 6) is -0.569. The molecule has 0 fully saturated rings. The van der Waals surface area contributed by atoms with Crippen LogP contribution < -0.4 is 0 Å². The van der Waals surface area contributed by atoms with Gasteiger partial charge in [0, 0.05) is 0 Å². The van der Waals surface area contributed by atoms with Gasteiger partial charge in [0.1, 0.15) is 5.75 Å². The van der Waals surface area contributed by atoms with Gasteiger partial charge in [0.2, 0.25) is 0 Å². The van der Waals surface area contributed by atoms with Crippen molar-refractivity contribution in [1.82, 2.24) is 0 Å². The molecule has 1 atom stereocenters. The molecule has 2 N–H and O–H groups in total. The monoisotopic (exact) mass is 250 g/mol. The SMILES string of the molecule is CCC(C)(C)CC(CC(=O)O)c1ccc(O)cc1. The van der Waals surface area contributed by atoms with Gasteiger partial charge >= 0.3 is 5.97 Å². The lowest BCUT2D eigenvalue weighted by Gasteiger charge is -2.28. The minimum Gasteiger partial charge on any atom is -0.508 e. The second-order valence-corrected chi connectivity index (χ2v) is 5.61. The molecule has 0 spiro atoms. The first-order chi connectivity index (χ1) is 8.34. The summed E-state index contributed by atoms with van der Waals surface area (Å²) >= 11 is 0. The minimum absolute atomic E-state index is 0.00181. The second kappa shape index (κ2) is 5.89. The van der Waals surface area contributed by atoms with E-state index < -0.39 is 5.97 Å². The van der Waals surface area contributed by atoms with E-state index in [4.69, 9.17) is 5.11 Å². The summed E-state index contributed by atoms with van der Waals surface area (Å²) < 4.78 is 0. The fourth-order valence-corrected chi connectivity index (χ4v) is 2.08. The van der Waals surface area contributed by atoms with Crippen molar-refractivity contribution in [1.29, 1.82) is 0 Å². The molecule has 0 amide bonds. The molecule has 100 valence electrons. The van der Waals surface area contributed by atoms with E-state index in [9.17, 15) is 9.90 Å². The molecule has 3 nitrogen and oxygen atoms in total. The first kappa shape index (κ1) is 14.6. The van der Waals surface area contributed by atoms with Crippen molar-refractivity contribution in [3.63, 3.8) is 0 Å². The van der Waals surface area contributed by atoms with Crippen molar-refractivity contribution >= 4 is 5.97 Å². The van der Waals surface area contributed by atoms with E-state index in [1.54, 1.807) is 12.1 Å². The summed E-state index contributed by atoms with van der Waals surface area (Å²) in [6.07, 6.45) is 1.98. The van der Waals surface area contributed by atoms with Crippen LogP contribution in [0.4, 0.5) is 0 Å². The first-order valence-electron chi connectivity index (χ1n) is 6.35. The van der Waals surface area contributed by atoms with Gasteiger partial charge in [-0.25, -0.2) is 0 Å². The zero-order chi connectivity index (χ0) is 13.8. The normalized spacial score (nSPS) is 13.3. The fourth-order valence-electron chi connectivity index (χ4n) is 2.08. The molecule has 0 heterocycles. The summed E-state index contributed by atoms with van der Waals surface area (Å²) in [4.78, 5) is 11.0. The number of aromatic hydroxyl groups is 1. The number of hydrogen-bond donors (Lipinski definition) is 2. The third-order valence-electron chi connectivity index (χ3n) is 3.54. The Morgan fingerprint density at radius 2 is 1.83 bits per heavy atom. The predicted octanol–water partition coefficient (Wildman–Crippen LogP) is 3.78. The molecule has 0 aliphatic rings. The molecule has 0 bridgehead atoms. The van der Waals surface area contributed by atoms with Gasteiger partial charge in [-0.1, -0.05) is 39.3 Å². The van der Waals surface area contributed by atoms with E-state index in [-0.39, 0.29) is 23.5 Å². The molecule has 0 radical (unpaired) electrons. The fraction of sp³-hybridized carbons (Fsp3) is 0.533. The quantitative estimate of drug-likeness (QED) is 0.807. The van der Waals surface area contributed by atoms with Gasteiger partial charge in [-0.05, 0) is 35.4 Å². The second-order valence-electron chi connectivity index (χ2n) is 5.61. The Hall–Kier alpha value is -1.51. The number of carboxylic acid groups (broad SMARTS) is 1. The number of aliphatic carboxylic acids is 1. The van der Waals surface area contributed by atoms with Crippen LogP contribution in [0.2, 0.25) is 0 Å².